The summed E-state index contributed by atoms with van der Waals surface area (Å²) in [6.07, 6.45) is 2.72. The molecule has 53 heavy (non-hydrogen) atoms. The second kappa shape index (κ2) is 20.2. The van der Waals surface area contributed by atoms with Gasteiger partial charge in [-0.05, 0) is 51.0 Å². The molecule has 4 amide bonds. The molecule has 0 radical (unpaired) electrons. The fourth-order valence-corrected chi connectivity index (χ4v) is 5.38. The van der Waals surface area contributed by atoms with Crippen molar-refractivity contribution in [2.24, 2.45) is 5.92 Å². The standard InChI is InChI=1S/C35H44N4O14/c1-5-8-9-10-22(25(6-2)39(48)19-40)31(43)36-18-37-33(45)27-14-13-26(52-27)21-11-12-23(28(15-21)49-7-3)32(44)38-24(16-30(41)42)34(46)50-17-29-20(4)51-35(47)53-29/h11-15,19,22,24-25,48H,5-10,16-18H2,1-4H3,(H,36,43)(H,37,45)(H,38,44)(H,41,42). The molecule has 288 valence electrons. The van der Waals surface area contributed by atoms with Gasteiger partial charge in [-0.3, -0.25) is 29.2 Å². The SMILES string of the molecule is CCCCCC(C(=O)NCNC(=O)c1ccc(-c2ccc(C(=O)NC(CC(=O)O)C(=O)OCc3oc(=O)oc3C)c(OCC)c2)o1)C(CC)N(O)C=O. The molecule has 3 unspecified atom stereocenters. The Kier molecular flexibility index (Phi) is 15.8. The molecule has 0 fully saturated rings. The van der Waals surface area contributed by atoms with Crippen LogP contribution in [0.1, 0.15) is 91.7 Å². The summed E-state index contributed by atoms with van der Waals surface area (Å²) < 4.78 is 25.9. The van der Waals surface area contributed by atoms with Crippen LogP contribution in [0.15, 0.2) is 48.4 Å². The predicted octanol–water partition coefficient (Wildman–Crippen LogP) is 3.14. The van der Waals surface area contributed by atoms with Crippen molar-refractivity contribution in [3.05, 3.63) is 63.8 Å². The van der Waals surface area contributed by atoms with E-state index in [0.29, 0.717) is 29.9 Å². The lowest BCUT2D eigenvalue weighted by Crippen LogP contribution is -2.47. The molecule has 1 aromatic carbocycles. The normalized spacial score (nSPS) is 12.5. The minimum atomic E-state index is -1.62. The minimum Gasteiger partial charge on any atom is -0.493 e. The van der Waals surface area contributed by atoms with Gasteiger partial charge >= 0.3 is 17.8 Å². The van der Waals surface area contributed by atoms with Crippen LogP contribution >= 0.6 is 0 Å². The number of ether oxygens (including phenoxy) is 2. The molecule has 0 spiro atoms. The number of carboxylic acid groups (broad SMARTS) is 1. The van der Waals surface area contributed by atoms with E-state index in [9.17, 15) is 43.9 Å². The molecule has 18 nitrogen and oxygen atoms in total. The van der Waals surface area contributed by atoms with E-state index in [1.165, 1.54) is 37.3 Å². The van der Waals surface area contributed by atoms with Gasteiger partial charge in [0.15, 0.2) is 23.9 Å². The lowest BCUT2D eigenvalue weighted by Gasteiger charge is -2.29. The summed E-state index contributed by atoms with van der Waals surface area (Å²) >= 11 is 0. The van der Waals surface area contributed by atoms with Crippen LogP contribution in [0.25, 0.3) is 11.3 Å². The highest BCUT2D eigenvalue weighted by Crippen LogP contribution is 2.29. The first kappa shape index (κ1) is 41.5. The Morgan fingerprint density at radius 1 is 0.981 bits per heavy atom. The fraction of sp³-hybridized carbons (Fsp3) is 0.457. The molecule has 0 bridgehead atoms. The molecule has 0 saturated heterocycles. The van der Waals surface area contributed by atoms with Crippen LogP contribution in [-0.4, -0.2) is 76.8 Å². The Hall–Kier alpha value is -5.91. The maximum absolute atomic E-state index is 13.3. The van der Waals surface area contributed by atoms with Crippen molar-refractivity contribution in [1.29, 1.82) is 0 Å². The molecule has 0 saturated carbocycles. The molecule has 2 aromatic heterocycles. The van der Waals surface area contributed by atoms with Gasteiger partial charge in [-0.2, -0.15) is 0 Å². The maximum atomic E-state index is 13.3. The van der Waals surface area contributed by atoms with E-state index in [-0.39, 0.29) is 54.0 Å². The van der Waals surface area contributed by atoms with Crippen LogP contribution in [0.5, 0.6) is 5.75 Å². The highest BCUT2D eigenvalue weighted by atomic mass is 16.6. The number of carbonyl (C=O) groups excluding carboxylic acids is 5. The number of nitrogens with zero attached hydrogens (tertiary/aromatic N) is 1. The molecule has 3 atom stereocenters. The maximum Gasteiger partial charge on any atom is 0.519 e. The number of nitrogens with one attached hydrogen (secondary N) is 3. The van der Waals surface area contributed by atoms with Crippen molar-refractivity contribution in [2.75, 3.05) is 13.3 Å². The third-order valence-electron chi connectivity index (χ3n) is 8.09. The summed E-state index contributed by atoms with van der Waals surface area (Å²) in [7, 11) is 0. The molecule has 5 N–H and O–H groups in total. The van der Waals surface area contributed by atoms with Gasteiger partial charge in [-0.1, -0.05) is 39.2 Å². The molecular weight excluding hydrogens is 700 g/mol. The number of unbranched alkanes of at least 4 members (excludes halogenated alkanes) is 2. The first-order valence-electron chi connectivity index (χ1n) is 17.0. The number of benzene rings is 1. The van der Waals surface area contributed by atoms with E-state index in [1.807, 2.05) is 6.92 Å². The van der Waals surface area contributed by atoms with Gasteiger partial charge in [0.05, 0.1) is 37.2 Å². The fourth-order valence-electron chi connectivity index (χ4n) is 5.38. The van der Waals surface area contributed by atoms with Crippen LogP contribution in [0.2, 0.25) is 0 Å². The van der Waals surface area contributed by atoms with Crippen LogP contribution in [0.4, 0.5) is 0 Å². The number of carboxylic acids is 1. The van der Waals surface area contributed by atoms with Gasteiger partial charge in [0.2, 0.25) is 12.3 Å². The third-order valence-corrected chi connectivity index (χ3v) is 8.09. The summed E-state index contributed by atoms with van der Waals surface area (Å²) in [6.45, 7) is 6.17. The van der Waals surface area contributed by atoms with E-state index >= 15 is 0 Å². The van der Waals surface area contributed by atoms with Gasteiger partial charge in [0.1, 0.15) is 17.6 Å². The number of rotatable bonds is 22. The topological polar surface area (TPSA) is 257 Å². The molecule has 3 aromatic rings. The minimum absolute atomic E-state index is 0.0495. The van der Waals surface area contributed by atoms with E-state index in [2.05, 4.69) is 16.0 Å². The first-order valence-corrected chi connectivity index (χ1v) is 17.0. The monoisotopic (exact) mass is 744 g/mol. The third kappa shape index (κ3) is 11.8. The van der Waals surface area contributed by atoms with Gasteiger partial charge in [-0.25, -0.2) is 14.7 Å². The Balaban J connectivity index is 1.68. The zero-order valence-electron chi connectivity index (χ0n) is 29.8. The summed E-state index contributed by atoms with van der Waals surface area (Å²) in [5.41, 5.74) is 0.353. The van der Waals surface area contributed by atoms with E-state index in [4.69, 9.17) is 22.7 Å². The van der Waals surface area contributed by atoms with Crippen LogP contribution < -0.4 is 26.5 Å². The van der Waals surface area contributed by atoms with E-state index in [0.717, 1.165) is 12.8 Å². The summed E-state index contributed by atoms with van der Waals surface area (Å²) in [5.74, 6) is -5.98. The van der Waals surface area contributed by atoms with E-state index in [1.54, 1.807) is 13.8 Å². The zero-order chi connectivity index (χ0) is 39.1. The first-order chi connectivity index (χ1) is 25.3. The Labute approximate surface area is 303 Å². The second-order valence-electron chi connectivity index (χ2n) is 11.8. The summed E-state index contributed by atoms with van der Waals surface area (Å²) in [4.78, 5) is 85.8. The zero-order valence-corrected chi connectivity index (χ0v) is 29.8. The average molecular weight is 745 g/mol. The van der Waals surface area contributed by atoms with E-state index < -0.39 is 66.5 Å². The highest BCUT2D eigenvalue weighted by molar-refractivity contribution is 6.00. The van der Waals surface area contributed by atoms with Crippen molar-refractivity contribution in [3.63, 3.8) is 0 Å². The van der Waals surface area contributed by atoms with Crippen LogP contribution in [0.3, 0.4) is 0 Å². The second-order valence-corrected chi connectivity index (χ2v) is 11.8. The number of hydrogen-bond acceptors (Lipinski definition) is 13. The summed E-state index contributed by atoms with van der Waals surface area (Å²) in [5, 5.41) is 27.4. The number of hydrogen-bond donors (Lipinski definition) is 5. The lowest BCUT2D eigenvalue weighted by molar-refractivity contribution is -0.168. The molecule has 0 aliphatic carbocycles. The smallest absolute Gasteiger partial charge is 0.493 e. The number of hydroxylamine groups is 2. The largest absolute Gasteiger partial charge is 0.519 e. The lowest BCUT2D eigenvalue weighted by atomic mass is 9.90. The van der Waals surface area contributed by atoms with Crippen LogP contribution in [-0.2, 0) is 30.5 Å². The quantitative estimate of drug-likeness (QED) is 0.0247. The molecule has 18 heteroatoms. The number of aliphatic carboxylic acids is 1. The molecular formula is C35H44N4O14. The molecule has 2 heterocycles. The molecule has 3 rings (SSSR count). The number of furan rings is 1. The Bertz CT molecular complexity index is 1790. The number of amides is 4. The van der Waals surface area contributed by atoms with Crippen molar-refractivity contribution in [2.45, 2.75) is 84.9 Å². The number of carbonyl (C=O) groups is 6. The predicted molar refractivity (Wildman–Crippen MR) is 182 cm³/mol. The average Bonchev–Trinajstić information content (AvgIpc) is 3.75. The highest BCUT2D eigenvalue weighted by Gasteiger charge is 2.31. The number of esters is 1. The van der Waals surface area contributed by atoms with Gasteiger partial charge in [0, 0.05) is 5.56 Å². The van der Waals surface area contributed by atoms with Crippen molar-refractivity contribution < 1.29 is 61.8 Å². The van der Waals surface area contributed by atoms with Crippen molar-refractivity contribution in [1.82, 2.24) is 21.0 Å². The van der Waals surface area contributed by atoms with Crippen molar-refractivity contribution in [3.8, 4) is 17.1 Å². The Morgan fingerprint density at radius 3 is 2.36 bits per heavy atom. The van der Waals surface area contributed by atoms with Gasteiger partial charge < -0.3 is 43.8 Å². The molecule has 0 aliphatic heterocycles. The summed E-state index contributed by atoms with van der Waals surface area (Å²) in [6, 6.07) is 4.86. The van der Waals surface area contributed by atoms with Crippen molar-refractivity contribution >= 4 is 36.1 Å². The van der Waals surface area contributed by atoms with Crippen LogP contribution in [0, 0.1) is 12.8 Å². The Morgan fingerprint density at radius 2 is 1.74 bits per heavy atom. The van der Waals surface area contributed by atoms with Gasteiger partial charge in [0.25, 0.3) is 11.8 Å². The van der Waals surface area contributed by atoms with Gasteiger partial charge in [-0.15, -0.1) is 0 Å². The molecule has 0 aliphatic rings. The number of aryl methyl sites for hydroxylation is 1.